The van der Waals surface area contributed by atoms with Crippen molar-refractivity contribution < 1.29 is 24.1 Å². The molecule has 2 heterocycles. The summed E-state index contributed by atoms with van der Waals surface area (Å²) in [6.07, 6.45) is -0.849. The van der Waals surface area contributed by atoms with Gasteiger partial charge in [-0.25, -0.2) is 14.6 Å². The number of aliphatic hydroxyl groups is 1. The highest BCUT2D eigenvalue weighted by Gasteiger charge is 2.20. The molecule has 1 atom stereocenters. The number of carbonyl (C=O) groups excluding carboxylic acids is 1. The summed E-state index contributed by atoms with van der Waals surface area (Å²) in [5.74, 6) is 0.581. The van der Waals surface area contributed by atoms with E-state index in [1.807, 2.05) is 13.8 Å². The van der Waals surface area contributed by atoms with Crippen LogP contribution in [0.2, 0.25) is 0 Å². The van der Waals surface area contributed by atoms with E-state index < -0.39 is 23.3 Å². The van der Waals surface area contributed by atoms with Crippen molar-refractivity contribution in [2.75, 3.05) is 26.1 Å². The van der Waals surface area contributed by atoms with E-state index in [4.69, 9.17) is 14.2 Å². The van der Waals surface area contributed by atoms with Crippen LogP contribution in [0, 0.1) is 5.92 Å². The summed E-state index contributed by atoms with van der Waals surface area (Å²) in [7, 11) is 4.44. The topological polar surface area (TPSA) is 127 Å². The van der Waals surface area contributed by atoms with Crippen LogP contribution in [0.1, 0.15) is 24.2 Å². The number of hydrogen-bond donors (Lipinski definition) is 1. The molecule has 0 bridgehead atoms. The minimum Gasteiger partial charge on any atom is -0.491 e. The first-order valence-corrected chi connectivity index (χ1v) is 12.0. The number of hydrogen-bond acceptors (Lipinski definition) is 9. The number of thioether (sulfide) groups is 1. The average Bonchev–Trinajstić information content (AvgIpc) is 3.21. The molecule has 0 aliphatic rings. The number of rotatable bonds is 11. The molecule has 190 valence electrons. The highest BCUT2D eigenvalue weighted by Crippen LogP contribution is 2.23. The van der Waals surface area contributed by atoms with Crippen LogP contribution in [-0.4, -0.2) is 61.9 Å². The van der Waals surface area contributed by atoms with Crippen molar-refractivity contribution in [3.05, 3.63) is 50.7 Å². The van der Waals surface area contributed by atoms with Gasteiger partial charge in [-0.3, -0.25) is 18.5 Å². The molecule has 0 spiro atoms. The lowest BCUT2D eigenvalue weighted by Gasteiger charge is -2.13. The molecule has 0 fully saturated rings. The fourth-order valence-corrected chi connectivity index (χ4v) is 4.10. The number of methoxy groups -OCH3 is 1. The number of aromatic nitrogens is 4. The first-order chi connectivity index (χ1) is 16.6. The Morgan fingerprint density at radius 1 is 1.11 bits per heavy atom. The molecule has 0 saturated heterocycles. The summed E-state index contributed by atoms with van der Waals surface area (Å²) in [5.41, 5.74) is -0.0348. The third-order valence-electron chi connectivity index (χ3n) is 5.06. The third-order valence-corrected chi connectivity index (χ3v) is 6.18. The van der Waals surface area contributed by atoms with Gasteiger partial charge in [-0.1, -0.05) is 25.6 Å². The minimum absolute atomic E-state index is 0.00883. The zero-order valence-corrected chi connectivity index (χ0v) is 21.2. The Bertz CT molecular complexity index is 1290. The van der Waals surface area contributed by atoms with E-state index in [0.717, 1.165) is 4.57 Å². The molecular formula is C23H30N4O7S. The normalized spacial score (nSPS) is 12.3. The van der Waals surface area contributed by atoms with Crippen molar-refractivity contribution in [3.8, 4) is 5.75 Å². The maximum absolute atomic E-state index is 12.7. The van der Waals surface area contributed by atoms with Crippen LogP contribution < -0.4 is 16.0 Å². The molecule has 11 nitrogen and oxygen atoms in total. The van der Waals surface area contributed by atoms with Crippen molar-refractivity contribution in [1.82, 2.24) is 18.7 Å². The fourth-order valence-electron chi connectivity index (χ4n) is 3.21. The second-order valence-electron chi connectivity index (χ2n) is 8.41. The second-order valence-corrected chi connectivity index (χ2v) is 9.40. The molecule has 3 rings (SSSR count). The zero-order valence-electron chi connectivity index (χ0n) is 20.4. The van der Waals surface area contributed by atoms with Gasteiger partial charge in [0.15, 0.2) is 16.3 Å². The van der Waals surface area contributed by atoms with Gasteiger partial charge in [-0.05, 0) is 30.2 Å². The average molecular weight is 507 g/mol. The van der Waals surface area contributed by atoms with Crippen molar-refractivity contribution >= 4 is 28.9 Å². The Kier molecular flexibility index (Phi) is 8.76. The number of fused-ring (bicyclic) bond motifs is 1. The standard InChI is InChI=1S/C23H30N4O7S/c1-14(2)10-34-21(30)15-6-8-17(9-7-15)33-11-16(28)12-35-22-24-19-18(27(22)13-32-5)20(29)26(4)23(31)25(19)3/h6-9,14,16,28H,10-13H2,1-5H3/t16-/m1/s1. The van der Waals surface area contributed by atoms with E-state index in [0.29, 0.717) is 23.1 Å². The number of aryl methyl sites for hydroxylation is 1. The third kappa shape index (κ3) is 6.13. The smallest absolute Gasteiger partial charge is 0.338 e. The second kappa shape index (κ2) is 11.6. The van der Waals surface area contributed by atoms with Gasteiger partial charge in [0.25, 0.3) is 5.56 Å². The Morgan fingerprint density at radius 3 is 2.43 bits per heavy atom. The molecule has 35 heavy (non-hydrogen) atoms. The first kappa shape index (κ1) is 26.5. The lowest BCUT2D eigenvalue weighted by atomic mass is 10.2. The van der Waals surface area contributed by atoms with Crippen LogP contribution in [0.15, 0.2) is 39.0 Å². The number of nitrogens with zero attached hydrogens (tertiary/aromatic N) is 4. The van der Waals surface area contributed by atoms with Crippen molar-refractivity contribution in [2.45, 2.75) is 31.8 Å². The monoisotopic (exact) mass is 506 g/mol. The largest absolute Gasteiger partial charge is 0.491 e. The fraction of sp³-hybridized carbons (Fsp3) is 0.478. The van der Waals surface area contributed by atoms with Gasteiger partial charge >= 0.3 is 11.7 Å². The van der Waals surface area contributed by atoms with Crippen LogP contribution in [0.25, 0.3) is 11.2 Å². The van der Waals surface area contributed by atoms with Crippen molar-refractivity contribution in [3.63, 3.8) is 0 Å². The Morgan fingerprint density at radius 2 is 1.80 bits per heavy atom. The maximum atomic E-state index is 12.7. The van der Waals surface area contributed by atoms with Crippen LogP contribution in [0.4, 0.5) is 0 Å². The summed E-state index contributed by atoms with van der Waals surface area (Å²) < 4.78 is 19.9. The lowest BCUT2D eigenvalue weighted by molar-refractivity contribution is 0.0459. The van der Waals surface area contributed by atoms with E-state index >= 15 is 0 Å². The van der Waals surface area contributed by atoms with Gasteiger partial charge in [0.05, 0.1) is 18.3 Å². The quantitative estimate of drug-likeness (QED) is 0.303. The number of esters is 1. The molecule has 0 aliphatic carbocycles. The van der Waals surface area contributed by atoms with Crippen molar-refractivity contribution in [1.29, 1.82) is 0 Å². The van der Waals surface area contributed by atoms with Gasteiger partial charge in [-0.15, -0.1) is 0 Å². The van der Waals surface area contributed by atoms with E-state index in [-0.39, 0.29) is 36.2 Å². The summed E-state index contributed by atoms with van der Waals surface area (Å²) in [6.45, 7) is 4.35. The SMILES string of the molecule is COCn1c(SC[C@H](O)COc2ccc(C(=O)OCC(C)C)cc2)nc2c1c(=O)n(C)c(=O)n2C. The van der Waals surface area contributed by atoms with E-state index in [1.54, 1.807) is 35.9 Å². The molecule has 1 aromatic carbocycles. The summed E-state index contributed by atoms with van der Waals surface area (Å²) >= 11 is 1.22. The minimum atomic E-state index is -0.849. The molecule has 0 amide bonds. The van der Waals surface area contributed by atoms with Crippen LogP contribution in [0.3, 0.4) is 0 Å². The molecule has 0 radical (unpaired) electrons. The molecule has 0 unspecified atom stereocenters. The van der Waals surface area contributed by atoms with Gasteiger partial charge in [0, 0.05) is 27.0 Å². The van der Waals surface area contributed by atoms with E-state index in [1.165, 1.54) is 30.5 Å². The summed E-state index contributed by atoms with van der Waals surface area (Å²) in [5, 5.41) is 10.9. The number of benzene rings is 1. The van der Waals surface area contributed by atoms with E-state index in [2.05, 4.69) is 4.98 Å². The molecule has 0 aliphatic heterocycles. The Labute approximate surface area is 206 Å². The molecule has 2 aromatic heterocycles. The maximum Gasteiger partial charge on any atom is 0.338 e. The summed E-state index contributed by atoms with van der Waals surface area (Å²) in [6, 6.07) is 6.49. The van der Waals surface area contributed by atoms with Crippen LogP contribution in [-0.2, 0) is 30.3 Å². The summed E-state index contributed by atoms with van der Waals surface area (Å²) in [4.78, 5) is 41.3. The number of carbonyl (C=O) groups is 1. The molecule has 12 heteroatoms. The zero-order chi connectivity index (χ0) is 25.7. The molecule has 0 saturated carbocycles. The first-order valence-electron chi connectivity index (χ1n) is 11.0. The molecule has 3 aromatic rings. The predicted molar refractivity (Wildman–Crippen MR) is 131 cm³/mol. The number of imidazole rings is 1. The highest BCUT2D eigenvalue weighted by molar-refractivity contribution is 7.99. The van der Waals surface area contributed by atoms with E-state index in [9.17, 15) is 19.5 Å². The van der Waals surface area contributed by atoms with Gasteiger partial charge < -0.3 is 19.3 Å². The van der Waals surface area contributed by atoms with Gasteiger partial charge in [-0.2, -0.15) is 0 Å². The van der Waals surface area contributed by atoms with Gasteiger partial charge in [0.1, 0.15) is 19.1 Å². The number of aliphatic hydroxyl groups excluding tert-OH is 1. The molecule has 1 N–H and O–H groups in total. The van der Waals surface area contributed by atoms with Crippen molar-refractivity contribution in [2.24, 2.45) is 20.0 Å². The van der Waals surface area contributed by atoms with Crippen LogP contribution >= 0.6 is 11.8 Å². The lowest BCUT2D eigenvalue weighted by Crippen LogP contribution is -2.37. The Balaban J connectivity index is 1.64. The highest BCUT2D eigenvalue weighted by atomic mass is 32.2. The predicted octanol–water partition coefficient (Wildman–Crippen LogP) is 1.38. The van der Waals surface area contributed by atoms with Gasteiger partial charge in [0.2, 0.25) is 0 Å². The molecular weight excluding hydrogens is 476 g/mol. The van der Waals surface area contributed by atoms with Crippen LogP contribution in [0.5, 0.6) is 5.75 Å². The Hall–Kier alpha value is -3.09. The number of ether oxygens (including phenoxy) is 3.